The van der Waals surface area contributed by atoms with Gasteiger partial charge in [0.2, 0.25) is 5.71 Å². The summed E-state index contributed by atoms with van der Waals surface area (Å²) in [5.41, 5.74) is 15.3. The van der Waals surface area contributed by atoms with Gasteiger partial charge in [-0.2, -0.15) is 0 Å². The molecule has 1 saturated carbocycles. The van der Waals surface area contributed by atoms with E-state index in [2.05, 4.69) is 125 Å². The van der Waals surface area contributed by atoms with E-state index in [-0.39, 0.29) is 20.1 Å². The van der Waals surface area contributed by atoms with Gasteiger partial charge in [-0.15, -0.1) is 54.1 Å². The van der Waals surface area contributed by atoms with Crippen LogP contribution in [0.15, 0.2) is 132 Å². The molecule has 8 aromatic rings. The molecule has 4 nitrogen and oxygen atoms in total. The summed E-state index contributed by atoms with van der Waals surface area (Å²) in [5, 5.41) is 2.07. The summed E-state index contributed by atoms with van der Waals surface area (Å²) in [5.74, 6) is 1.31. The van der Waals surface area contributed by atoms with Gasteiger partial charge in [0.05, 0.1) is 11.3 Å². The molecular weight excluding hydrogens is 875 g/mol. The van der Waals surface area contributed by atoms with Crippen LogP contribution in [0.3, 0.4) is 0 Å². The Morgan fingerprint density at radius 3 is 2.05 bits per heavy atom. The minimum Gasteiger partial charge on any atom is -0.486 e. The third-order valence-corrected chi connectivity index (χ3v) is 11.2. The molecule has 57 heavy (non-hydrogen) atoms. The number of rotatable bonds is 7. The molecule has 0 saturated heterocycles. The standard InChI is InChI=1S/C41H41N2O.C11H8N.Ir/c1-25(2)34-22-30(28-13-8-6-9-14-28)23-35(26(3)4)39(34)37-20-19-32-31-17-12-18-33(40(31)44-41(32)43-37)38-21-27(5)36(24-42-38)29-15-10-7-11-16-29;1-2-6-10(7-3-1)11-8-4-5-9-12-11;/h6,8-9,12-14,17,19-26,29H,7,10-11,15-16H2,1-5H3;1-6,8-9H;/q2*-1;. The molecule has 1 fully saturated rings. The molecule has 1 aliphatic rings. The number of pyridine rings is 3. The predicted octanol–water partition coefficient (Wildman–Crippen LogP) is 14.3. The fraction of sp³-hybridized carbons (Fsp3) is 0.250. The van der Waals surface area contributed by atoms with Crippen LogP contribution in [0, 0.1) is 19.1 Å². The van der Waals surface area contributed by atoms with E-state index < -0.39 is 0 Å². The van der Waals surface area contributed by atoms with Crippen LogP contribution in [-0.2, 0) is 20.1 Å². The summed E-state index contributed by atoms with van der Waals surface area (Å²) < 4.78 is 6.60. The van der Waals surface area contributed by atoms with Gasteiger partial charge in [0.1, 0.15) is 0 Å². The molecule has 4 heterocycles. The van der Waals surface area contributed by atoms with Crippen molar-refractivity contribution in [1.29, 1.82) is 0 Å². The van der Waals surface area contributed by atoms with Crippen molar-refractivity contribution in [2.45, 2.75) is 84.5 Å². The zero-order valence-corrected chi connectivity index (χ0v) is 35.9. The maximum absolute atomic E-state index is 6.60. The largest absolute Gasteiger partial charge is 0.486 e. The summed E-state index contributed by atoms with van der Waals surface area (Å²) in [6.07, 6.45) is 10.4. The van der Waals surface area contributed by atoms with Gasteiger partial charge >= 0.3 is 0 Å². The van der Waals surface area contributed by atoms with Crippen molar-refractivity contribution in [2.24, 2.45) is 0 Å². The van der Waals surface area contributed by atoms with E-state index >= 15 is 0 Å². The first-order chi connectivity index (χ1) is 27.4. The van der Waals surface area contributed by atoms with Crippen molar-refractivity contribution in [1.82, 2.24) is 15.0 Å². The number of hydrogen-bond acceptors (Lipinski definition) is 4. The molecule has 0 amide bonds. The van der Waals surface area contributed by atoms with Crippen LogP contribution < -0.4 is 0 Å². The van der Waals surface area contributed by atoms with E-state index in [1.54, 1.807) is 6.20 Å². The van der Waals surface area contributed by atoms with Crippen molar-refractivity contribution >= 4 is 22.1 Å². The topological polar surface area (TPSA) is 51.8 Å². The van der Waals surface area contributed by atoms with E-state index in [9.17, 15) is 0 Å². The molecule has 1 radical (unpaired) electrons. The van der Waals surface area contributed by atoms with Gasteiger partial charge in [-0.05, 0) is 94.9 Å². The van der Waals surface area contributed by atoms with Crippen LogP contribution in [0.1, 0.15) is 99.8 Å². The molecule has 0 atom stereocenters. The van der Waals surface area contributed by atoms with Crippen LogP contribution in [0.25, 0.3) is 67.0 Å². The molecule has 4 aromatic heterocycles. The van der Waals surface area contributed by atoms with Crippen LogP contribution in [-0.4, -0.2) is 15.0 Å². The van der Waals surface area contributed by atoms with Gasteiger partial charge in [0, 0.05) is 43.4 Å². The number of hydrogen-bond donors (Lipinski definition) is 0. The first-order valence-electron chi connectivity index (χ1n) is 20.2. The summed E-state index contributed by atoms with van der Waals surface area (Å²) in [4.78, 5) is 14.4. The zero-order chi connectivity index (χ0) is 38.6. The SMILES string of the molecule is Cc1cc(-c2[c-]ccc3c2oc2nc(-c4c(C(C)C)cc(-c5ccccc5)cc4C(C)C)ccc23)ncc1C1CCCCC1.[Ir].[c-]1ccccc1-c1ccccn1. The molecule has 0 spiro atoms. The van der Waals surface area contributed by atoms with Crippen molar-refractivity contribution in [3.05, 3.63) is 162 Å². The van der Waals surface area contributed by atoms with Crippen LogP contribution in [0.2, 0.25) is 0 Å². The molecule has 4 aromatic carbocycles. The summed E-state index contributed by atoms with van der Waals surface area (Å²) in [6, 6.07) is 46.3. The Morgan fingerprint density at radius 1 is 0.649 bits per heavy atom. The predicted molar refractivity (Wildman–Crippen MR) is 232 cm³/mol. The van der Waals surface area contributed by atoms with Crippen LogP contribution >= 0.6 is 0 Å². The minimum absolute atomic E-state index is 0. The van der Waals surface area contributed by atoms with Gasteiger partial charge in [0.15, 0.2) is 0 Å². The number of nitrogens with zero attached hydrogens (tertiary/aromatic N) is 3. The first-order valence-corrected chi connectivity index (χ1v) is 20.2. The number of benzene rings is 4. The second-order valence-corrected chi connectivity index (χ2v) is 15.7. The monoisotopic (exact) mass is 924 g/mol. The molecule has 289 valence electrons. The van der Waals surface area contributed by atoms with Crippen molar-refractivity contribution in [3.63, 3.8) is 0 Å². The van der Waals surface area contributed by atoms with Crippen LogP contribution in [0.5, 0.6) is 0 Å². The van der Waals surface area contributed by atoms with Gasteiger partial charge in [-0.3, -0.25) is 0 Å². The maximum Gasteiger partial charge on any atom is 0.216 e. The van der Waals surface area contributed by atoms with Gasteiger partial charge in [0.25, 0.3) is 0 Å². The van der Waals surface area contributed by atoms with Crippen molar-refractivity contribution in [2.75, 3.05) is 0 Å². The smallest absolute Gasteiger partial charge is 0.216 e. The molecule has 0 N–H and O–H groups in total. The Kier molecular flexibility index (Phi) is 12.6. The van der Waals surface area contributed by atoms with Gasteiger partial charge < -0.3 is 14.4 Å². The molecule has 5 heteroatoms. The summed E-state index contributed by atoms with van der Waals surface area (Å²) in [7, 11) is 0. The maximum atomic E-state index is 6.60. The van der Waals surface area contributed by atoms with Gasteiger partial charge in [-0.1, -0.05) is 124 Å². The quantitative estimate of drug-likeness (QED) is 0.149. The number of aromatic nitrogens is 3. The second kappa shape index (κ2) is 17.9. The third kappa shape index (κ3) is 8.56. The molecule has 0 bridgehead atoms. The summed E-state index contributed by atoms with van der Waals surface area (Å²) >= 11 is 0. The number of furan rings is 1. The fourth-order valence-electron chi connectivity index (χ4n) is 8.26. The van der Waals surface area contributed by atoms with Gasteiger partial charge in [-0.25, -0.2) is 4.98 Å². The summed E-state index contributed by atoms with van der Waals surface area (Å²) in [6.45, 7) is 11.3. The zero-order valence-electron chi connectivity index (χ0n) is 33.5. The molecule has 0 aliphatic heterocycles. The Morgan fingerprint density at radius 2 is 1.39 bits per heavy atom. The van der Waals surface area contributed by atoms with E-state index in [0.717, 1.165) is 44.6 Å². The first kappa shape index (κ1) is 40.0. The van der Waals surface area contributed by atoms with Crippen LogP contribution in [0.4, 0.5) is 0 Å². The molecular formula is C52H49IrN3O-2. The fourth-order valence-corrected chi connectivity index (χ4v) is 8.26. The Bertz CT molecular complexity index is 2510. The Balaban J connectivity index is 0.000000326. The number of aryl methyl sites for hydroxylation is 1. The third-order valence-electron chi connectivity index (χ3n) is 11.2. The van der Waals surface area contributed by atoms with E-state index in [1.807, 2.05) is 48.5 Å². The number of fused-ring (bicyclic) bond motifs is 3. The Hall–Kier alpha value is -5.22. The minimum atomic E-state index is 0. The van der Waals surface area contributed by atoms with Crippen molar-refractivity contribution in [3.8, 4) is 44.9 Å². The molecule has 1 aliphatic carbocycles. The second-order valence-electron chi connectivity index (χ2n) is 15.7. The normalized spacial score (nSPS) is 13.1. The molecule has 0 unspecified atom stereocenters. The van der Waals surface area contributed by atoms with Crippen molar-refractivity contribution < 1.29 is 24.5 Å². The van der Waals surface area contributed by atoms with E-state index in [1.165, 1.54) is 71.0 Å². The Labute approximate surface area is 351 Å². The average molecular weight is 924 g/mol. The van der Waals surface area contributed by atoms with E-state index in [4.69, 9.17) is 14.4 Å². The molecule has 9 rings (SSSR count). The van der Waals surface area contributed by atoms with E-state index in [0.29, 0.717) is 23.5 Å². The average Bonchev–Trinajstić information content (AvgIpc) is 3.63.